The van der Waals surface area contributed by atoms with E-state index in [1.54, 1.807) is 24.3 Å². The van der Waals surface area contributed by atoms with Gasteiger partial charge in [0.1, 0.15) is 5.75 Å². The van der Waals surface area contributed by atoms with E-state index in [2.05, 4.69) is 5.32 Å². The molecule has 0 saturated heterocycles. The fraction of sp³-hybridized carbons (Fsp3) is 0.154. The Bertz CT molecular complexity index is 508. The summed E-state index contributed by atoms with van der Waals surface area (Å²) in [7, 11) is 0. The number of amides is 1. The maximum Gasteiger partial charge on any atom is 0.241 e. The fourth-order valence-electron chi connectivity index (χ4n) is 1.55. The highest BCUT2D eigenvalue weighted by atomic mass is 32.1. The summed E-state index contributed by atoms with van der Waals surface area (Å²) in [5, 5.41) is 15.7. The Morgan fingerprint density at radius 2 is 2.06 bits per heavy atom. The molecule has 0 fully saturated rings. The summed E-state index contributed by atoms with van der Waals surface area (Å²) < 4.78 is 0. The molecule has 1 heterocycles. The van der Waals surface area contributed by atoms with Gasteiger partial charge in [0.2, 0.25) is 5.91 Å². The Balaban J connectivity index is 1.93. The lowest BCUT2D eigenvalue weighted by Gasteiger charge is -2.11. The van der Waals surface area contributed by atoms with E-state index in [1.165, 1.54) is 11.3 Å². The third-order valence-electron chi connectivity index (χ3n) is 2.52. The summed E-state index contributed by atoms with van der Waals surface area (Å²) in [6, 6.07) is 7.91. The van der Waals surface area contributed by atoms with Gasteiger partial charge in [-0.1, -0.05) is 12.1 Å². The van der Waals surface area contributed by atoms with Crippen molar-refractivity contribution >= 4 is 22.9 Å². The molecule has 1 atom stereocenters. The topological polar surface area (TPSA) is 75.3 Å². The van der Waals surface area contributed by atoms with Crippen LogP contribution >= 0.6 is 11.3 Å². The molecule has 2 aromatic rings. The van der Waals surface area contributed by atoms with Gasteiger partial charge < -0.3 is 16.2 Å². The molecule has 0 spiro atoms. The maximum atomic E-state index is 11.8. The van der Waals surface area contributed by atoms with Crippen molar-refractivity contribution < 1.29 is 9.90 Å². The van der Waals surface area contributed by atoms with Gasteiger partial charge in [-0.15, -0.1) is 0 Å². The molecule has 0 bridgehead atoms. The molecule has 4 nitrogen and oxygen atoms in total. The van der Waals surface area contributed by atoms with E-state index in [0.29, 0.717) is 6.42 Å². The minimum atomic E-state index is -0.602. The molecular formula is C13H14N2O2S. The normalized spacial score (nSPS) is 12.1. The second-order valence-electron chi connectivity index (χ2n) is 3.98. The molecule has 1 aromatic heterocycles. The quantitative estimate of drug-likeness (QED) is 0.788. The van der Waals surface area contributed by atoms with Crippen molar-refractivity contribution in [1.82, 2.24) is 0 Å². The third-order valence-corrected chi connectivity index (χ3v) is 3.20. The first-order valence-electron chi connectivity index (χ1n) is 5.51. The summed E-state index contributed by atoms with van der Waals surface area (Å²) in [6.07, 6.45) is 0.441. The van der Waals surface area contributed by atoms with E-state index < -0.39 is 6.04 Å². The zero-order chi connectivity index (χ0) is 13.0. The molecular weight excluding hydrogens is 248 g/mol. The smallest absolute Gasteiger partial charge is 0.241 e. The minimum Gasteiger partial charge on any atom is -0.508 e. The molecule has 0 saturated carbocycles. The number of anilines is 1. The number of phenols is 1. The third kappa shape index (κ3) is 3.32. The number of nitrogens with one attached hydrogen (secondary N) is 1. The largest absolute Gasteiger partial charge is 0.508 e. The molecule has 0 aliphatic rings. The first kappa shape index (κ1) is 12.6. The SMILES string of the molecule is NC(Cc1ccc(O)cc1)C(=O)Nc1ccsc1. The van der Waals surface area contributed by atoms with E-state index in [1.807, 2.05) is 16.8 Å². The average molecular weight is 262 g/mol. The monoisotopic (exact) mass is 262 g/mol. The van der Waals surface area contributed by atoms with Gasteiger partial charge in [-0.25, -0.2) is 0 Å². The number of thiophene rings is 1. The standard InChI is InChI=1S/C13H14N2O2S/c14-12(7-9-1-3-11(16)4-2-9)13(17)15-10-5-6-18-8-10/h1-6,8,12,16H,7,14H2,(H,15,17). The predicted octanol–water partition coefficient (Wildman–Crippen LogP) is 1.96. The Hall–Kier alpha value is -1.85. The van der Waals surface area contributed by atoms with Crippen molar-refractivity contribution in [3.63, 3.8) is 0 Å². The number of benzene rings is 1. The molecule has 5 heteroatoms. The summed E-state index contributed by atoms with van der Waals surface area (Å²) >= 11 is 1.52. The van der Waals surface area contributed by atoms with Crippen molar-refractivity contribution in [2.24, 2.45) is 5.73 Å². The second-order valence-corrected chi connectivity index (χ2v) is 4.76. The molecule has 0 radical (unpaired) electrons. The van der Waals surface area contributed by atoms with Gasteiger partial charge in [0.15, 0.2) is 0 Å². The van der Waals surface area contributed by atoms with Crippen molar-refractivity contribution in [2.45, 2.75) is 12.5 Å². The Kier molecular flexibility index (Phi) is 3.96. The van der Waals surface area contributed by atoms with Gasteiger partial charge in [0, 0.05) is 5.38 Å². The van der Waals surface area contributed by atoms with Crippen LogP contribution in [0, 0.1) is 0 Å². The van der Waals surface area contributed by atoms with Crippen molar-refractivity contribution in [3.8, 4) is 5.75 Å². The lowest BCUT2D eigenvalue weighted by atomic mass is 10.1. The molecule has 1 aromatic carbocycles. The predicted molar refractivity (Wildman–Crippen MR) is 72.7 cm³/mol. The first-order valence-corrected chi connectivity index (χ1v) is 6.46. The number of carbonyl (C=O) groups is 1. The van der Waals surface area contributed by atoms with Crippen LogP contribution < -0.4 is 11.1 Å². The number of phenolic OH excluding ortho intramolecular Hbond substituents is 1. The lowest BCUT2D eigenvalue weighted by Crippen LogP contribution is -2.37. The zero-order valence-corrected chi connectivity index (χ0v) is 10.5. The number of hydrogen-bond acceptors (Lipinski definition) is 4. The van der Waals surface area contributed by atoms with E-state index >= 15 is 0 Å². The Labute approximate surface area is 109 Å². The van der Waals surface area contributed by atoms with Gasteiger partial charge in [-0.05, 0) is 35.6 Å². The van der Waals surface area contributed by atoms with Crippen molar-refractivity contribution in [1.29, 1.82) is 0 Å². The van der Waals surface area contributed by atoms with E-state index in [9.17, 15) is 4.79 Å². The van der Waals surface area contributed by atoms with Gasteiger partial charge in [0.25, 0.3) is 0 Å². The van der Waals surface area contributed by atoms with Gasteiger partial charge in [-0.3, -0.25) is 4.79 Å². The van der Waals surface area contributed by atoms with Crippen molar-refractivity contribution in [2.75, 3.05) is 5.32 Å². The number of aromatic hydroxyl groups is 1. The van der Waals surface area contributed by atoms with Crippen LogP contribution in [0.1, 0.15) is 5.56 Å². The van der Waals surface area contributed by atoms with Crippen LogP contribution in [0.5, 0.6) is 5.75 Å². The molecule has 94 valence electrons. The molecule has 18 heavy (non-hydrogen) atoms. The van der Waals surface area contributed by atoms with Gasteiger partial charge in [-0.2, -0.15) is 11.3 Å². The second kappa shape index (κ2) is 5.66. The number of rotatable bonds is 4. The molecule has 1 unspecified atom stereocenters. The highest BCUT2D eigenvalue weighted by Crippen LogP contribution is 2.14. The maximum absolute atomic E-state index is 11.8. The molecule has 2 rings (SSSR count). The zero-order valence-electron chi connectivity index (χ0n) is 9.67. The molecule has 0 aliphatic carbocycles. The molecule has 0 aliphatic heterocycles. The summed E-state index contributed by atoms with van der Waals surface area (Å²) in [5.41, 5.74) is 7.52. The van der Waals surface area contributed by atoms with Crippen LogP contribution in [-0.2, 0) is 11.2 Å². The molecule has 4 N–H and O–H groups in total. The summed E-state index contributed by atoms with van der Waals surface area (Å²) in [5.74, 6) is -0.00322. The van der Waals surface area contributed by atoms with Gasteiger partial charge in [0.05, 0.1) is 11.7 Å². The van der Waals surface area contributed by atoms with Crippen LogP contribution in [0.15, 0.2) is 41.1 Å². The fourth-order valence-corrected chi connectivity index (χ4v) is 2.14. The van der Waals surface area contributed by atoms with Gasteiger partial charge >= 0.3 is 0 Å². The lowest BCUT2D eigenvalue weighted by molar-refractivity contribution is -0.117. The Morgan fingerprint density at radius 1 is 1.33 bits per heavy atom. The number of hydrogen-bond donors (Lipinski definition) is 3. The highest BCUT2D eigenvalue weighted by Gasteiger charge is 2.14. The highest BCUT2D eigenvalue weighted by molar-refractivity contribution is 7.08. The van der Waals surface area contributed by atoms with E-state index in [4.69, 9.17) is 10.8 Å². The molecule has 1 amide bonds. The van der Waals surface area contributed by atoms with Crippen LogP contribution in [-0.4, -0.2) is 17.1 Å². The van der Waals surface area contributed by atoms with Crippen molar-refractivity contribution in [3.05, 3.63) is 46.7 Å². The number of carbonyl (C=O) groups excluding carboxylic acids is 1. The summed E-state index contributed by atoms with van der Waals surface area (Å²) in [4.78, 5) is 11.8. The van der Waals surface area contributed by atoms with Crippen LogP contribution in [0.2, 0.25) is 0 Å². The van der Waals surface area contributed by atoms with Crippen LogP contribution in [0.4, 0.5) is 5.69 Å². The van der Waals surface area contributed by atoms with E-state index in [0.717, 1.165) is 11.3 Å². The number of nitrogens with two attached hydrogens (primary N) is 1. The Morgan fingerprint density at radius 3 is 2.67 bits per heavy atom. The first-order chi connectivity index (χ1) is 8.65. The van der Waals surface area contributed by atoms with E-state index in [-0.39, 0.29) is 11.7 Å². The average Bonchev–Trinajstić information content (AvgIpc) is 2.85. The minimum absolute atomic E-state index is 0.204. The summed E-state index contributed by atoms with van der Waals surface area (Å²) in [6.45, 7) is 0. The van der Waals surface area contributed by atoms with Crippen LogP contribution in [0.25, 0.3) is 0 Å². The van der Waals surface area contributed by atoms with Crippen LogP contribution in [0.3, 0.4) is 0 Å².